The lowest BCUT2D eigenvalue weighted by Crippen LogP contribution is -2.37. The van der Waals surface area contributed by atoms with Crippen LogP contribution in [0.2, 0.25) is 0 Å². The number of aromatic nitrogens is 1. The van der Waals surface area contributed by atoms with Gasteiger partial charge in [-0.25, -0.2) is 8.42 Å². The molecule has 0 unspecified atom stereocenters. The Hall–Kier alpha value is -1.48. The highest BCUT2D eigenvalue weighted by atomic mass is 32.2. The number of aryl methyl sites for hydroxylation is 1. The third kappa shape index (κ3) is 3.51. The van der Waals surface area contributed by atoms with Crippen LogP contribution in [0.3, 0.4) is 0 Å². The van der Waals surface area contributed by atoms with E-state index < -0.39 is 10.0 Å². The Labute approximate surface area is 161 Å². The van der Waals surface area contributed by atoms with Crippen LogP contribution in [0.1, 0.15) is 36.3 Å². The summed E-state index contributed by atoms with van der Waals surface area (Å²) in [4.78, 5) is 1.07. The zero-order chi connectivity index (χ0) is 18.1. The van der Waals surface area contributed by atoms with Crippen molar-refractivity contribution in [3.05, 3.63) is 45.6 Å². The number of thiophene rings is 2. The van der Waals surface area contributed by atoms with Gasteiger partial charge < -0.3 is 4.52 Å². The molecule has 3 heterocycles. The van der Waals surface area contributed by atoms with Gasteiger partial charge in [0.2, 0.25) is 0 Å². The molecule has 26 heavy (non-hydrogen) atoms. The second kappa shape index (κ2) is 7.26. The van der Waals surface area contributed by atoms with Crippen LogP contribution in [0.15, 0.2) is 43.8 Å². The van der Waals surface area contributed by atoms with Gasteiger partial charge in [-0.05, 0) is 37.3 Å². The van der Waals surface area contributed by atoms with Crippen molar-refractivity contribution in [2.75, 3.05) is 0 Å². The number of hydrogen-bond donors (Lipinski definition) is 0. The van der Waals surface area contributed by atoms with Crippen LogP contribution in [0.4, 0.5) is 0 Å². The predicted molar refractivity (Wildman–Crippen MR) is 104 cm³/mol. The van der Waals surface area contributed by atoms with Crippen LogP contribution in [0, 0.1) is 6.92 Å². The first-order valence-corrected chi connectivity index (χ1v) is 11.8. The molecule has 0 N–H and O–H groups in total. The molecule has 1 aliphatic rings. The van der Waals surface area contributed by atoms with Gasteiger partial charge in [0.1, 0.15) is 4.21 Å². The molecule has 0 bridgehead atoms. The largest absolute Gasteiger partial charge is 0.356 e. The zero-order valence-corrected chi connectivity index (χ0v) is 16.9. The molecule has 0 amide bonds. The monoisotopic (exact) mass is 408 g/mol. The second-order valence-electron chi connectivity index (χ2n) is 6.55. The highest BCUT2D eigenvalue weighted by Crippen LogP contribution is 2.35. The van der Waals surface area contributed by atoms with Gasteiger partial charge in [-0.2, -0.15) is 4.31 Å². The molecule has 0 atom stereocenters. The topological polar surface area (TPSA) is 63.4 Å². The molecule has 3 aromatic heterocycles. The smallest absolute Gasteiger partial charge is 0.253 e. The lowest BCUT2D eigenvalue weighted by atomic mass is 10.2. The molecule has 1 aliphatic carbocycles. The zero-order valence-electron chi connectivity index (χ0n) is 14.4. The Morgan fingerprint density at radius 2 is 2.08 bits per heavy atom. The summed E-state index contributed by atoms with van der Waals surface area (Å²) in [6, 6.07) is 7.57. The quantitative estimate of drug-likeness (QED) is 0.581. The van der Waals surface area contributed by atoms with Crippen LogP contribution in [-0.4, -0.2) is 23.9 Å². The lowest BCUT2D eigenvalue weighted by molar-refractivity contribution is 0.319. The third-order valence-electron chi connectivity index (χ3n) is 4.67. The Balaban J connectivity index is 1.66. The van der Waals surface area contributed by atoms with Crippen molar-refractivity contribution in [3.63, 3.8) is 0 Å². The fourth-order valence-corrected chi connectivity index (χ4v) is 7.10. The molecule has 0 spiro atoms. The molecule has 0 radical (unpaired) electrons. The summed E-state index contributed by atoms with van der Waals surface area (Å²) in [5.74, 6) is 0.603. The number of hydrogen-bond acceptors (Lipinski definition) is 6. The first-order valence-electron chi connectivity index (χ1n) is 8.60. The summed E-state index contributed by atoms with van der Waals surface area (Å²) in [6.07, 6.45) is 4.05. The van der Waals surface area contributed by atoms with E-state index >= 15 is 0 Å². The molecule has 0 saturated heterocycles. The summed E-state index contributed by atoms with van der Waals surface area (Å²) in [7, 11) is -3.54. The average molecular weight is 409 g/mol. The number of sulfonamides is 1. The minimum atomic E-state index is -3.54. The summed E-state index contributed by atoms with van der Waals surface area (Å²) < 4.78 is 34.1. The van der Waals surface area contributed by atoms with Gasteiger partial charge in [0, 0.05) is 34.5 Å². The molecular formula is C18H20N2O3S3. The Morgan fingerprint density at radius 1 is 1.27 bits per heavy atom. The van der Waals surface area contributed by atoms with Gasteiger partial charge in [0.05, 0.1) is 5.69 Å². The van der Waals surface area contributed by atoms with E-state index in [4.69, 9.17) is 4.52 Å². The van der Waals surface area contributed by atoms with Crippen molar-refractivity contribution in [2.45, 2.75) is 49.4 Å². The summed E-state index contributed by atoms with van der Waals surface area (Å²) >= 11 is 2.85. The van der Waals surface area contributed by atoms with Crippen LogP contribution >= 0.6 is 22.7 Å². The van der Waals surface area contributed by atoms with Crippen molar-refractivity contribution < 1.29 is 12.9 Å². The molecule has 0 aliphatic heterocycles. The van der Waals surface area contributed by atoms with Crippen LogP contribution in [0.25, 0.3) is 11.3 Å². The fourth-order valence-electron chi connectivity index (χ4n) is 3.35. The first kappa shape index (κ1) is 17.9. The summed E-state index contributed by atoms with van der Waals surface area (Å²) in [5, 5.41) is 7.70. The highest BCUT2D eigenvalue weighted by molar-refractivity contribution is 7.91. The van der Waals surface area contributed by atoms with E-state index in [9.17, 15) is 8.42 Å². The highest BCUT2D eigenvalue weighted by Gasteiger charge is 2.34. The van der Waals surface area contributed by atoms with Gasteiger partial charge in [0.25, 0.3) is 10.0 Å². The van der Waals surface area contributed by atoms with Crippen LogP contribution in [0.5, 0.6) is 0 Å². The molecule has 4 rings (SSSR count). The number of rotatable bonds is 6. The Bertz CT molecular complexity index is 967. The molecule has 5 nitrogen and oxygen atoms in total. The van der Waals surface area contributed by atoms with E-state index in [1.807, 2.05) is 35.9 Å². The molecule has 1 fully saturated rings. The molecular weight excluding hydrogens is 388 g/mol. The molecule has 3 aromatic rings. The molecule has 138 valence electrons. The van der Waals surface area contributed by atoms with Crippen LogP contribution < -0.4 is 0 Å². The van der Waals surface area contributed by atoms with E-state index in [0.717, 1.165) is 41.8 Å². The summed E-state index contributed by atoms with van der Waals surface area (Å²) in [5.41, 5.74) is 1.54. The maximum atomic E-state index is 13.4. The van der Waals surface area contributed by atoms with E-state index in [-0.39, 0.29) is 6.04 Å². The summed E-state index contributed by atoms with van der Waals surface area (Å²) in [6.45, 7) is 2.29. The Morgan fingerprint density at radius 3 is 2.73 bits per heavy atom. The molecule has 0 aromatic carbocycles. The maximum Gasteiger partial charge on any atom is 0.253 e. The normalized spacial score (nSPS) is 15.9. The standard InChI is InChI=1S/C18H20N2O3S3/c1-13-9-17(23-19-13)14-10-18(25-12-14)26(21,22)20(15-5-2-3-6-15)11-16-7-4-8-24-16/h4,7-10,12,15H,2-3,5-6,11H2,1H3. The van der Waals surface area contributed by atoms with Gasteiger partial charge in [-0.15, -0.1) is 22.7 Å². The van der Waals surface area contributed by atoms with Gasteiger partial charge in [0.15, 0.2) is 5.76 Å². The molecule has 1 saturated carbocycles. The van der Waals surface area contributed by atoms with Crippen molar-refractivity contribution in [2.24, 2.45) is 0 Å². The van der Waals surface area contributed by atoms with Crippen LogP contribution in [-0.2, 0) is 16.6 Å². The van der Waals surface area contributed by atoms with E-state index in [1.165, 1.54) is 11.3 Å². The van der Waals surface area contributed by atoms with Gasteiger partial charge in [-0.1, -0.05) is 24.1 Å². The van der Waals surface area contributed by atoms with Crippen molar-refractivity contribution in [1.82, 2.24) is 9.46 Å². The lowest BCUT2D eigenvalue weighted by Gasteiger charge is -2.27. The van der Waals surface area contributed by atoms with Gasteiger partial charge >= 0.3 is 0 Å². The SMILES string of the molecule is Cc1cc(-c2csc(S(=O)(=O)N(Cc3cccs3)C3CCCC3)c2)on1. The van der Waals surface area contributed by atoms with E-state index in [2.05, 4.69) is 5.16 Å². The minimum Gasteiger partial charge on any atom is -0.356 e. The number of nitrogens with zero attached hydrogens (tertiary/aromatic N) is 2. The first-order chi connectivity index (χ1) is 12.5. The second-order valence-corrected chi connectivity index (χ2v) is 10.6. The third-order valence-corrected chi connectivity index (χ3v) is 8.85. The predicted octanol–water partition coefficient (Wildman–Crippen LogP) is 4.91. The minimum absolute atomic E-state index is 0.0835. The fraction of sp³-hybridized carbons (Fsp3) is 0.389. The molecule has 8 heteroatoms. The van der Waals surface area contributed by atoms with E-state index in [0.29, 0.717) is 16.5 Å². The maximum absolute atomic E-state index is 13.4. The van der Waals surface area contributed by atoms with Crippen molar-refractivity contribution in [3.8, 4) is 11.3 Å². The average Bonchev–Trinajstić information content (AvgIpc) is 3.38. The Kier molecular flexibility index (Phi) is 5.00. The van der Waals surface area contributed by atoms with E-state index in [1.54, 1.807) is 21.7 Å². The van der Waals surface area contributed by atoms with Gasteiger partial charge in [-0.3, -0.25) is 0 Å². The van der Waals surface area contributed by atoms with Crippen molar-refractivity contribution >= 4 is 32.7 Å². The van der Waals surface area contributed by atoms with Crippen molar-refractivity contribution in [1.29, 1.82) is 0 Å².